The van der Waals surface area contributed by atoms with Crippen LogP contribution in [0, 0.1) is 6.92 Å². The lowest BCUT2D eigenvalue weighted by Gasteiger charge is -1.97. The van der Waals surface area contributed by atoms with Gasteiger partial charge in [0.1, 0.15) is 5.82 Å². The van der Waals surface area contributed by atoms with E-state index < -0.39 is 0 Å². The molecule has 0 aliphatic heterocycles. The van der Waals surface area contributed by atoms with Gasteiger partial charge in [0.25, 0.3) is 0 Å². The number of aromatic nitrogens is 3. The summed E-state index contributed by atoms with van der Waals surface area (Å²) in [5, 5.41) is 6.83. The van der Waals surface area contributed by atoms with E-state index in [2.05, 4.69) is 15.2 Å². The highest BCUT2D eigenvalue weighted by Gasteiger charge is 1.98. The fourth-order valence-electron chi connectivity index (χ4n) is 0.978. The van der Waals surface area contributed by atoms with Crippen LogP contribution in [-0.2, 0) is 11.2 Å². The van der Waals surface area contributed by atoms with Crippen LogP contribution in [0.1, 0.15) is 25.0 Å². The summed E-state index contributed by atoms with van der Waals surface area (Å²) in [7, 11) is 0. The molecule has 0 saturated carbocycles. The summed E-state index contributed by atoms with van der Waals surface area (Å²) in [5.41, 5.74) is 0. The van der Waals surface area contributed by atoms with Crippen molar-refractivity contribution in [1.29, 1.82) is 0 Å². The van der Waals surface area contributed by atoms with E-state index in [0.717, 1.165) is 37.7 Å². The molecule has 0 saturated heterocycles. The van der Waals surface area contributed by atoms with Crippen molar-refractivity contribution in [2.45, 2.75) is 26.7 Å². The number of aryl methyl sites for hydroxylation is 2. The van der Waals surface area contributed by atoms with Gasteiger partial charge in [-0.05, 0) is 20.3 Å². The summed E-state index contributed by atoms with van der Waals surface area (Å²) in [6.07, 6.45) is 1.88. The molecule has 68 valence electrons. The Morgan fingerprint density at radius 1 is 1.50 bits per heavy atom. The maximum Gasteiger partial charge on any atom is 0.150 e. The average Bonchev–Trinajstić information content (AvgIpc) is 2.45. The van der Waals surface area contributed by atoms with Crippen molar-refractivity contribution in [2.24, 2.45) is 0 Å². The molecule has 0 aliphatic carbocycles. The van der Waals surface area contributed by atoms with Crippen LogP contribution in [0.15, 0.2) is 0 Å². The molecular weight excluding hydrogens is 154 g/mol. The summed E-state index contributed by atoms with van der Waals surface area (Å²) < 4.78 is 5.20. The van der Waals surface area contributed by atoms with Gasteiger partial charge in [-0.1, -0.05) is 0 Å². The number of aromatic amines is 1. The smallest absolute Gasteiger partial charge is 0.150 e. The summed E-state index contributed by atoms with van der Waals surface area (Å²) in [6.45, 7) is 5.48. The van der Waals surface area contributed by atoms with Gasteiger partial charge in [-0.25, -0.2) is 4.98 Å². The van der Waals surface area contributed by atoms with Crippen LogP contribution >= 0.6 is 0 Å². The normalized spacial score (nSPS) is 10.5. The summed E-state index contributed by atoms with van der Waals surface area (Å²) in [4.78, 5) is 4.19. The first-order valence-corrected chi connectivity index (χ1v) is 4.28. The Kier molecular flexibility index (Phi) is 3.73. The summed E-state index contributed by atoms with van der Waals surface area (Å²) in [6, 6.07) is 0. The van der Waals surface area contributed by atoms with E-state index in [1.54, 1.807) is 0 Å². The second kappa shape index (κ2) is 4.87. The zero-order valence-electron chi connectivity index (χ0n) is 7.63. The van der Waals surface area contributed by atoms with Gasteiger partial charge in [0.05, 0.1) is 0 Å². The van der Waals surface area contributed by atoms with Crippen LogP contribution in [0.2, 0.25) is 0 Å². The van der Waals surface area contributed by atoms with E-state index in [1.807, 2.05) is 13.8 Å². The SMILES string of the molecule is CCOCCCc1n[nH]c(C)n1. The van der Waals surface area contributed by atoms with Crippen molar-refractivity contribution in [3.63, 3.8) is 0 Å². The molecule has 0 fully saturated rings. The fourth-order valence-corrected chi connectivity index (χ4v) is 0.978. The maximum atomic E-state index is 5.20. The molecule has 0 bridgehead atoms. The lowest BCUT2D eigenvalue weighted by atomic mass is 10.3. The van der Waals surface area contributed by atoms with E-state index in [1.165, 1.54) is 0 Å². The Labute approximate surface area is 72.4 Å². The van der Waals surface area contributed by atoms with Crippen LogP contribution in [0.5, 0.6) is 0 Å². The molecule has 0 aliphatic rings. The van der Waals surface area contributed by atoms with Crippen LogP contribution in [0.25, 0.3) is 0 Å². The molecule has 1 rings (SSSR count). The number of ether oxygens (including phenoxy) is 1. The molecule has 4 nitrogen and oxygen atoms in total. The maximum absolute atomic E-state index is 5.20. The number of nitrogens with one attached hydrogen (secondary N) is 1. The summed E-state index contributed by atoms with van der Waals surface area (Å²) >= 11 is 0. The van der Waals surface area contributed by atoms with Crippen molar-refractivity contribution in [2.75, 3.05) is 13.2 Å². The molecule has 0 radical (unpaired) electrons. The molecule has 0 aromatic carbocycles. The van der Waals surface area contributed by atoms with Crippen LogP contribution in [0.3, 0.4) is 0 Å². The number of H-pyrrole nitrogens is 1. The molecular formula is C8H15N3O. The number of hydrogen-bond donors (Lipinski definition) is 1. The number of hydrogen-bond acceptors (Lipinski definition) is 3. The van der Waals surface area contributed by atoms with Gasteiger partial charge >= 0.3 is 0 Å². The molecule has 1 N–H and O–H groups in total. The zero-order valence-corrected chi connectivity index (χ0v) is 7.63. The first-order valence-electron chi connectivity index (χ1n) is 4.28. The van der Waals surface area contributed by atoms with E-state index in [-0.39, 0.29) is 0 Å². The van der Waals surface area contributed by atoms with Crippen LogP contribution in [0.4, 0.5) is 0 Å². The van der Waals surface area contributed by atoms with E-state index >= 15 is 0 Å². The lowest BCUT2D eigenvalue weighted by molar-refractivity contribution is 0.145. The number of nitrogens with zero attached hydrogens (tertiary/aromatic N) is 2. The first-order chi connectivity index (χ1) is 5.83. The third-order valence-electron chi connectivity index (χ3n) is 1.54. The van der Waals surface area contributed by atoms with Crippen molar-refractivity contribution >= 4 is 0 Å². The molecule has 12 heavy (non-hydrogen) atoms. The first kappa shape index (κ1) is 9.19. The molecule has 4 heteroatoms. The lowest BCUT2D eigenvalue weighted by Crippen LogP contribution is -1.97. The van der Waals surface area contributed by atoms with Gasteiger partial charge in [-0.15, -0.1) is 0 Å². The van der Waals surface area contributed by atoms with E-state index in [9.17, 15) is 0 Å². The monoisotopic (exact) mass is 169 g/mol. The van der Waals surface area contributed by atoms with Gasteiger partial charge in [0.2, 0.25) is 0 Å². The highest BCUT2D eigenvalue weighted by atomic mass is 16.5. The molecule has 1 aromatic rings. The fraction of sp³-hybridized carbons (Fsp3) is 0.750. The second-order valence-electron chi connectivity index (χ2n) is 2.64. The Morgan fingerprint density at radius 2 is 2.33 bits per heavy atom. The predicted octanol–water partition coefficient (Wildman–Crippen LogP) is 1.08. The van der Waals surface area contributed by atoms with Gasteiger partial charge < -0.3 is 4.74 Å². The Morgan fingerprint density at radius 3 is 2.92 bits per heavy atom. The molecule has 0 atom stereocenters. The molecule has 1 aromatic heterocycles. The minimum Gasteiger partial charge on any atom is -0.382 e. The van der Waals surface area contributed by atoms with E-state index in [0.29, 0.717) is 0 Å². The van der Waals surface area contributed by atoms with Crippen LogP contribution < -0.4 is 0 Å². The summed E-state index contributed by atoms with van der Waals surface area (Å²) in [5.74, 6) is 1.76. The van der Waals surface area contributed by atoms with Crippen molar-refractivity contribution in [3.8, 4) is 0 Å². The van der Waals surface area contributed by atoms with Gasteiger partial charge in [0.15, 0.2) is 5.82 Å². The number of rotatable bonds is 5. The highest BCUT2D eigenvalue weighted by molar-refractivity contribution is 4.87. The largest absolute Gasteiger partial charge is 0.382 e. The second-order valence-corrected chi connectivity index (χ2v) is 2.64. The molecule has 0 spiro atoms. The minimum atomic E-state index is 0.785. The van der Waals surface area contributed by atoms with Gasteiger partial charge in [0, 0.05) is 19.6 Å². The van der Waals surface area contributed by atoms with E-state index in [4.69, 9.17) is 4.74 Å². The van der Waals surface area contributed by atoms with Crippen molar-refractivity contribution in [1.82, 2.24) is 15.2 Å². The van der Waals surface area contributed by atoms with Gasteiger partial charge in [-0.2, -0.15) is 5.10 Å². The Hall–Kier alpha value is -0.900. The van der Waals surface area contributed by atoms with Crippen LogP contribution in [-0.4, -0.2) is 28.4 Å². The quantitative estimate of drug-likeness (QED) is 0.671. The van der Waals surface area contributed by atoms with Crippen molar-refractivity contribution in [3.05, 3.63) is 11.6 Å². The van der Waals surface area contributed by atoms with Crippen molar-refractivity contribution < 1.29 is 4.74 Å². The standard InChI is InChI=1S/C8H15N3O/c1-3-12-6-4-5-8-9-7(2)10-11-8/h3-6H2,1-2H3,(H,9,10,11). The predicted molar refractivity (Wildman–Crippen MR) is 45.9 cm³/mol. The highest BCUT2D eigenvalue weighted by Crippen LogP contribution is 1.95. The Balaban J connectivity index is 2.15. The molecule has 0 unspecified atom stereocenters. The zero-order chi connectivity index (χ0) is 8.81. The topological polar surface area (TPSA) is 50.8 Å². The molecule has 0 amide bonds. The third kappa shape index (κ3) is 3.00. The third-order valence-corrected chi connectivity index (χ3v) is 1.54. The Bertz CT molecular complexity index is 222. The van der Waals surface area contributed by atoms with Gasteiger partial charge in [-0.3, -0.25) is 5.10 Å². The minimum absolute atomic E-state index is 0.785. The molecule has 1 heterocycles. The average molecular weight is 169 g/mol.